The van der Waals surface area contributed by atoms with Crippen LogP contribution in [0, 0.1) is 5.92 Å². The number of thiol groups is 1. The highest BCUT2D eigenvalue weighted by molar-refractivity contribution is 7.80. The number of hydrogen-bond acceptors (Lipinski definition) is 2. The third kappa shape index (κ3) is 2.78. The van der Waals surface area contributed by atoms with Gasteiger partial charge in [0.2, 0.25) is 0 Å². The molecule has 0 spiro atoms. The lowest BCUT2D eigenvalue weighted by Crippen LogP contribution is -2.28. The first-order chi connectivity index (χ1) is 8.11. The smallest absolute Gasteiger partial charge is 0.255 e. The summed E-state index contributed by atoms with van der Waals surface area (Å²) < 4.78 is 0. The maximum absolute atomic E-state index is 12.3. The maximum atomic E-state index is 12.3. The van der Waals surface area contributed by atoms with Crippen molar-refractivity contribution >= 4 is 30.1 Å². The molecule has 2 rings (SSSR count). The number of rotatable bonds is 2. The van der Waals surface area contributed by atoms with Gasteiger partial charge in [0.05, 0.1) is 10.6 Å². The third-order valence-corrected chi connectivity index (χ3v) is 3.94. The zero-order valence-corrected chi connectivity index (χ0v) is 11.5. The van der Waals surface area contributed by atoms with Gasteiger partial charge in [-0.3, -0.25) is 4.79 Å². The molecule has 0 saturated carbocycles. The van der Waals surface area contributed by atoms with Gasteiger partial charge in [0, 0.05) is 18.0 Å². The normalized spacial score (nSPS) is 19.7. The lowest BCUT2D eigenvalue weighted by molar-refractivity contribution is 0.0787. The third-order valence-electron chi connectivity index (χ3n) is 3.33. The maximum Gasteiger partial charge on any atom is 0.255 e. The van der Waals surface area contributed by atoms with Crippen molar-refractivity contribution in [2.24, 2.45) is 5.92 Å². The Kier molecular flexibility index (Phi) is 4.00. The summed E-state index contributed by atoms with van der Waals surface area (Å²) in [5.74, 6) is 0.666. The van der Waals surface area contributed by atoms with Crippen molar-refractivity contribution in [3.8, 4) is 0 Å². The molecule has 1 aromatic rings. The second-order valence-electron chi connectivity index (χ2n) is 4.48. The van der Waals surface area contributed by atoms with Crippen molar-refractivity contribution in [3.05, 3.63) is 28.8 Å². The fourth-order valence-electron chi connectivity index (χ4n) is 2.20. The van der Waals surface area contributed by atoms with Crippen LogP contribution in [0.5, 0.6) is 0 Å². The molecular weight excluding hydrogens is 254 g/mol. The van der Waals surface area contributed by atoms with Crippen LogP contribution in [0.1, 0.15) is 30.1 Å². The van der Waals surface area contributed by atoms with Gasteiger partial charge in [0.1, 0.15) is 0 Å². The Bertz CT molecular complexity index is 435. The van der Waals surface area contributed by atoms with Crippen LogP contribution < -0.4 is 0 Å². The Hall–Kier alpha value is -0.670. The second-order valence-corrected chi connectivity index (χ2v) is 5.40. The van der Waals surface area contributed by atoms with E-state index in [2.05, 4.69) is 19.6 Å². The van der Waals surface area contributed by atoms with Gasteiger partial charge in [-0.1, -0.05) is 24.9 Å². The molecule has 1 atom stereocenters. The number of hydrogen-bond donors (Lipinski definition) is 1. The average Bonchev–Trinajstić information content (AvgIpc) is 2.80. The number of amides is 1. The molecular formula is C13H16ClNOS. The molecule has 0 radical (unpaired) electrons. The van der Waals surface area contributed by atoms with Gasteiger partial charge in [-0.15, -0.1) is 12.6 Å². The predicted molar refractivity (Wildman–Crippen MR) is 73.0 cm³/mol. The number of benzene rings is 1. The summed E-state index contributed by atoms with van der Waals surface area (Å²) >= 11 is 10.3. The number of halogens is 1. The Balaban J connectivity index is 2.17. The fourth-order valence-corrected chi connectivity index (χ4v) is 2.60. The van der Waals surface area contributed by atoms with E-state index in [0.29, 0.717) is 16.5 Å². The molecule has 1 aromatic carbocycles. The predicted octanol–water partition coefficient (Wildman–Crippen LogP) is 3.50. The summed E-state index contributed by atoms with van der Waals surface area (Å²) in [7, 11) is 0. The van der Waals surface area contributed by atoms with Gasteiger partial charge in [-0.2, -0.15) is 0 Å². The lowest BCUT2D eigenvalue weighted by Gasteiger charge is -2.17. The molecule has 1 heterocycles. The number of carbonyl (C=O) groups is 1. The van der Waals surface area contributed by atoms with E-state index < -0.39 is 0 Å². The van der Waals surface area contributed by atoms with Gasteiger partial charge >= 0.3 is 0 Å². The van der Waals surface area contributed by atoms with E-state index in [9.17, 15) is 4.79 Å². The quantitative estimate of drug-likeness (QED) is 0.815. The first kappa shape index (κ1) is 12.8. The van der Waals surface area contributed by atoms with Crippen LogP contribution >= 0.6 is 24.2 Å². The summed E-state index contributed by atoms with van der Waals surface area (Å²) in [5, 5.41) is 0.507. The molecule has 92 valence electrons. The molecule has 0 aromatic heterocycles. The van der Waals surface area contributed by atoms with E-state index in [1.54, 1.807) is 18.2 Å². The van der Waals surface area contributed by atoms with Crippen LogP contribution in [0.3, 0.4) is 0 Å². The molecule has 1 fully saturated rings. The Labute approximate surface area is 112 Å². The Morgan fingerprint density at radius 3 is 3.00 bits per heavy atom. The molecule has 1 saturated heterocycles. The van der Waals surface area contributed by atoms with Crippen molar-refractivity contribution in [2.45, 2.75) is 24.7 Å². The van der Waals surface area contributed by atoms with Crippen molar-refractivity contribution in [1.29, 1.82) is 0 Å². The number of nitrogens with zero attached hydrogens (tertiary/aromatic N) is 1. The SMILES string of the molecule is CCC1CCN(C(=O)c2cc(S)ccc2Cl)C1. The van der Waals surface area contributed by atoms with Crippen LogP contribution in [-0.4, -0.2) is 23.9 Å². The standard InChI is InChI=1S/C13H16ClNOS/c1-2-9-5-6-15(8-9)13(16)11-7-10(17)3-4-12(11)14/h3-4,7,9,17H,2,5-6,8H2,1H3. The average molecular weight is 270 g/mol. The minimum absolute atomic E-state index is 0.0295. The molecule has 1 aliphatic rings. The summed E-state index contributed by atoms with van der Waals surface area (Å²) in [6.45, 7) is 3.85. The van der Waals surface area contributed by atoms with E-state index in [1.165, 1.54) is 0 Å². The first-order valence-electron chi connectivity index (χ1n) is 5.89. The van der Waals surface area contributed by atoms with Crippen molar-refractivity contribution < 1.29 is 4.79 Å². The highest BCUT2D eigenvalue weighted by Crippen LogP contribution is 2.25. The zero-order chi connectivity index (χ0) is 12.4. The number of likely N-dealkylation sites (tertiary alicyclic amines) is 1. The second kappa shape index (κ2) is 5.32. The van der Waals surface area contributed by atoms with Crippen LogP contribution in [0.15, 0.2) is 23.1 Å². The van der Waals surface area contributed by atoms with E-state index in [0.717, 1.165) is 30.8 Å². The minimum atomic E-state index is 0.0295. The summed E-state index contributed by atoms with van der Waals surface area (Å²) in [5.41, 5.74) is 0.566. The van der Waals surface area contributed by atoms with Crippen LogP contribution in [0.2, 0.25) is 5.02 Å². The van der Waals surface area contributed by atoms with E-state index in [-0.39, 0.29) is 5.91 Å². The topological polar surface area (TPSA) is 20.3 Å². The summed E-state index contributed by atoms with van der Waals surface area (Å²) in [6, 6.07) is 5.26. The molecule has 2 nitrogen and oxygen atoms in total. The van der Waals surface area contributed by atoms with E-state index in [4.69, 9.17) is 11.6 Å². The van der Waals surface area contributed by atoms with Gasteiger partial charge in [-0.05, 0) is 30.5 Å². The van der Waals surface area contributed by atoms with Gasteiger partial charge in [0.15, 0.2) is 0 Å². The Morgan fingerprint density at radius 2 is 2.35 bits per heavy atom. The van der Waals surface area contributed by atoms with Gasteiger partial charge in [0.25, 0.3) is 5.91 Å². The number of carbonyl (C=O) groups excluding carboxylic acids is 1. The van der Waals surface area contributed by atoms with Gasteiger partial charge < -0.3 is 4.90 Å². The van der Waals surface area contributed by atoms with Crippen LogP contribution in [-0.2, 0) is 0 Å². The van der Waals surface area contributed by atoms with E-state index >= 15 is 0 Å². The molecule has 1 amide bonds. The molecule has 1 unspecified atom stereocenters. The molecule has 17 heavy (non-hydrogen) atoms. The van der Waals surface area contributed by atoms with Crippen molar-refractivity contribution in [1.82, 2.24) is 4.90 Å². The molecule has 0 N–H and O–H groups in total. The fraction of sp³-hybridized carbons (Fsp3) is 0.462. The molecule has 4 heteroatoms. The summed E-state index contributed by atoms with van der Waals surface area (Å²) in [6.07, 6.45) is 2.23. The lowest BCUT2D eigenvalue weighted by atomic mass is 10.1. The first-order valence-corrected chi connectivity index (χ1v) is 6.72. The Morgan fingerprint density at radius 1 is 1.59 bits per heavy atom. The highest BCUT2D eigenvalue weighted by Gasteiger charge is 2.26. The van der Waals surface area contributed by atoms with Gasteiger partial charge in [-0.25, -0.2) is 0 Å². The molecule has 0 aliphatic carbocycles. The van der Waals surface area contributed by atoms with Crippen LogP contribution in [0.4, 0.5) is 0 Å². The van der Waals surface area contributed by atoms with Crippen molar-refractivity contribution in [3.63, 3.8) is 0 Å². The van der Waals surface area contributed by atoms with Crippen LogP contribution in [0.25, 0.3) is 0 Å². The largest absolute Gasteiger partial charge is 0.338 e. The van der Waals surface area contributed by atoms with Crippen molar-refractivity contribution in [2.75, 3.05) is 13.1 Å². The van der Waals surface area contributed by atoms with E-state index in [1.807, 2.05) is 4.90 Å². The molecule has 1 aliphatic heterocycles. The monoisotopic (exact) mass is 269 g/mol. The molecule has 0 bridgehead atoms. The highest BCUT2D eigenvalue weighted by atomic mass is 35.5. The zero-order valence-electron chi connectivity index (χ0n) is 9.82. The summed E-state index contributed by atoms with van der Waals surface area (Å²) in [4.78, 5) is 14.9. The minimum Gasteiger partial charge on any atom is -0.338 e.